The summed E-state index contributed by atoms with van der Waals surface area (Å²) in [4.78, 5) is 28.6. The number of carbonyl (C=O) groups is 2. The van der Waals surface area contributed by atoms with Gasteiger partial charge in [0.25, 0.3) is 11.8 Å². The molecule has 2 amide bonds. The van der Waals surface area contributed by atoms with Gasteiger partial charge in [0.05, 0.1) is 5.69 Å². The monoisotopic (exact) mass is 345 g/mol. The van der Waals surface area contributed by atoms with E-state index in [2.05, 4.69) is 5.16 Å². The van der Waals surface area contributed by atoms with Crippen LogP contribution in [0.4, 0.5) is 4.39 Å². The van der Waals surface area contributed by atoms with Crippen LogP contribution in [0, 0.1) is 12.7 Å². The Hall–Kier alpha value is -2.70. The van der Waals surface area contributed by atoms with Crippen molar-refractivity contribution in [3.05, 3.63) is 52.7 Å². The van der Waals surface area contributed by atoms with E-state index >= 15 is 0 Å². The molecule has 1 aliphatic heterocycles. The van der Waals surface area contributed by atoms with Crippen LogP contribution < -0.4 is 0 Å². The first-order valence-corrected chi connectivity index (χ1v) is 8.30. The van der Waals surface area contributed by atoms with E-state index in [1.54, 1.807) is 16.7 Å². The van der Waals surface area contributed by atoms with Crippen molar-refractivity contribution in [1.82, 2.24) is 15.0 Å². The molecule has 1 aromatic heterocycles. The summed E-state index contributed by atoms with van der Waals surface area (Å²) in [5.41, 5.74) is 1.57. The molecule has 1 saturated heterocycles. The molecule has 0 radical (unpaired) electrons. The zero-order chi connectivity index (χ0) is 18.0. The predicted octanol–water partition coefficient (Wildman–Crippen LogP) is 2.28. The lowest BCUT2D eigenvalue weighted by Crippen LogP contribution is -2.50. The Morgan fingerprint density at radius 2 is 1.64 bits per heavy atom. The normalized spacial score (nSPS) is 14.7. The quantitative estimate of drug-likeness (QED) is 0.856. The highest BCUT2D eigenvalue weighted by atomic mass is 19.1. The molecule has 2 aromatic rings. The summed E-state index contributed by atoms with van der Waals surface area (Å²) in [5, 5.41) is 3.88. The average Bonchev–Trinajstić information content (AvgIpc) is 3.02. The zero-order valence-corrected chi connectivity index (χ0v) is 14.3. The van der Waals surface area contributed by atoms with Crippen molar-refractivity contribution in [2.24, 2.45) is 0 Å². The Bertz CT molecular complexity index is 777. The highest BCUT2D eigenvalue weighted by Gasteiger charge is 2.29. The van der Waals surface area contributed by atoms with E-state index in [1.807, 2.05) is 6.92 Å². The van der Waals surface area contributed by atoms with Crippen LogP contribution in [0.3, 0.4) is 0 Å². The minimum atomic E-state index is -0.372. The van der Waals surface area contributed by atoms with Crippen LogP contribution in [0.2, 0.25) is 0 Å². The summed E-state index contributed by atoms with van der Waals surface area (Å²) in [5.74, 6) is -0.0397. The average molecular weight is 345 g/mol. The molecular formula is C18H20FN3O3. The van der Waals surface area contributed by atoms with E-state index < -0.39 is 0 Å². The molecule has 0 atom stereocenters. The standard InChI is InChI=1S/C18H20FN3O3/c1-3-15-16(12(2)20-25-15)18(24)22-10-8-21(9-11-22)17(23)13-4-6-14(19)7-5-13/h4-7H,3,8-11H2,1-2H3. The fraction of sp³-hybridized carbons (Fsp3) is 0.389. The predicted molar refractivity (Wildman–Crippen MR) is 88.8 cm³/mol. The minimum absolute atomic E-state index is 0.107. The number of hydrogen-bond acceptors (Lipinski definition) is 4. The summed E-state index contributed by atoms with van der Waals surface area (Å²) in [6, 6.07) is 5.49. The van der Waals surface area contributed by atoms with Crippen LogP contribution in [-0.2, 0) is 6.42 Å². The first-order valence-electron chi connectivity index (χ1n) is 8.30. The highest BCUT2D eigenvalue weighted by Crippen LogP contribution is 2.18. The third-order valence-corrected chi connectivity index (χ3v) is 4.41. The molecule has 132 valence electrons. The number of hydrogen-bond donors (Lipinski definition) is 0. The first-order chi connectivity index (χ1) is 12.0. The fourth-order valence-electron chi connectivity index (χ4n) is 2.98. The number of nitrogens with zero attached hydrogens (tertiary/aromatic N) is 3. The van der Waals surface area contributed by atoms with Gasteiger partial charge in [0.15, 0.2) is 0 Å². The van der Waals surface area contributed by atoms with Crippen molar-refractivity contribution >= 4 is 11.8 Å². The molecule has 1 aromatic carbocycles. The van der Waals surface area contributed by atoms with Gasteiger partial charge in [0, 0.05) is 38.2 Å². The third-order valence-electron chi connectivity index (χ3n) is 4.41. The first kappa shape index (κ1) is 17.1. The number of aromatic nitrogens is 1. The van der Waals surface area contributed by atoms with Crippen LogP contribution in [0.15, 0.2) is 28.8 Å². The number of carbonyl (C=O) groups excluding carboxylic acids is 2. The molecule has 3 rings (SSSR count). The second-order valence-corrected chi connectivity index (χ2v) is 6.01. The van der Waals surface area contributed by atoms with Crippen LogP contribution in [0.1, 0.15) is 39.1 Å². The summed E-state index contributed by atoms with van der Waals surface area (Å²) >= 11 is 0. The number of piperazine rings is 1. The second-order valence-electron chi connectivity index (χ2n) is 6.01. The molecule has 0 N–H and O–H groups in total. The molecule has 7 heteroatoms. The van der Waals surface area contributed by atoms with Gasteiger partial charge in [-0.3, -0.25) is 9.59 Å². The van der Waals surface area contributed by atoms with Crippen molar-refractivity contribution < 1.29 is 18.5 Å². The van der Waals surface area contributed by atoms with E-state index in [9.17, 15) is 14.0 Å². The van der Waals surface area contributed by atoms with E-state index in [4.69, 9.17) is 4.52 Å². The summed E-state index contributed by atoms with van der Waals surface area (Å²) in [6.45, 7) is 5.43. The molecular weight excluding hydrogens is 325 g/mol. The Balaban J connectivity index is 1.65. The smallest absolute Gasteiger partial charge is 0.259 e. The van der Waals surface area contributed by atoms with Crippen LogP contribution >= 0.6 is 0 Å². The van der Waals surface area contributed by atoms with E-state index in [1.165, 1.54) is 24.3 Å². The minimum Gasteiger partial charge on any atom is -0.360 e. The fourth-order valence-corrected chi connectivity index (χ4v) is 2.98. The molecule has 1 fully saturated rings. The molecule has 6 nitrogen and oxygen atoms in total. The Morgan fingerprint density at radius 3 is 2.20 bits per heavy atom. The number of halogens is 1. The van der Waals surface area contributed by atoms with E-state index in [0.29, 0.717) is 55.2 Å². The van der Waals surface area contributed by atoms with Crippen LogP contribution in [-0.4, -0.2) is 52.9 Å². The largest absolute Gasteiger partial charge is 0.360 e. The van der Waals surface area contributed by atoms with Gasteiger partial charge in [-0.25, -0.2) is 4.39 Å². The molecule has 0 saturated carbocycles. The van der Waals surface area contributed by atoms with Gasteiger partial charge in [-0.15, -0.1) is 0 Å². The van der Waals surface area contributed by atoms with E-state index in [0.717, 1.165) is 0 Å². The Labute approximate surface area is 145 Å². The third kappa shape index (κ3) is 3.40. The van der Waals surface area contributed by atoms with E-state index in [-0.39, 0.29) is 17.6 Å². The highest BCUT2D eigenvalue weighted by molar-refractivity contribution is 5.97. The number of aryl methyl sites for hydroxylation is 2. The molecule has 2 heterocycles. The lowest BCUT2D eigenvalue weighted by atomic mass is 10.1. The van der Waals surface area contributed by atoms with Crippen molar-refractivity contribution in [2.75, 3.05) is 26.2 Å². The summed E-state index contributed by atoms with van der Waals surface area (Å²) < 4.78 is 18.2. The molecule has 1 aliphatic rings. The van der Waals surface area contributed by atoms with Gasteiger partial charge in [0.2, 0.25) is 0 Å². The number of amides is 2. The topological polar surface area (TPSA) is 66.7 Å². The Kier molecular flexibility index (Phi) is 4.83. The van der Waals surface area contributed by atoms with Gasteiger partial charge in [0.1, 0.15) is 17.1 Å². The number of benzene rings is 1. The van der Waals surface area contributed by atoms with Gasteiger partial charge in [-0.2, -0.15) is 0 Å². The molecule has 25 heavy (non-hydrogen) atoms. The van der Waals surface area contributed by atoms with Crippen LogP contribution in [0.25, 0.3) is 0 Å². The second kappa shape index (κ2) is 7.04. The van der Waals surface area contributed by atoms with Crippen LogP contribution in [0.5, 0.6) is 0 Å². The molecule has 0 unspecified atom stereocenters. The molecule has 0 bridgehead atoms. The zero-order valence-electron chi connectivity index (χ0n) is 14.3. The van der Waals surface area contributed by atoms with Crippen molar-refractivity contribution in [2.45, 2.75) is 20.3 Å². The lowest BCUT2D eigenvalue weighted by Gasteiger charge is -2.34. The summed E-state index contributed by atoms with van der Waals surface area (Å²) in [7, 11) is 0. The molecule has 0 aliphatic carbocycles. The van der Waals surface area contributed by atoms with Crippen molar-refractivity contribution in [3.8, 4) is 0 Å². The van der Waals surface area contributed by atoms with Gasteiger partial charge < -0.3 is 14.3 Å². The maximum absolute atomic E-state index is 13.0. The van der Waals surface area contributed by atoms with Crippen molar-refractivity contribution in [3.63, 3.8) is 0 Å². The molecule has 0 spiro atoms. The maximum atomic E-state index is 13.0. The summed E-state index contributed by atoms with van der Waals surface area (Å²) in [6.07, 6.45) is 0.602. The van der Waals surface area contributed by atoms with Gasteiger partial charge in [-0.1, -0.05) is 12.1 Å². The lowest BCUT2D eigenvalue weighted by molar-refractivity contribution is 0.0533. The van der Waals surface area contributed by atoms with Crippen molar-refractivity contribution in [1.29, 1.82) is 0 Å². The number of rotatable bonds is 3. The maximum Gasteiger partial charge on any atom is 0.259 e. The SMILES string of the molecule is CCc1onc(C)c1C(=O)N1CCN(C(=O)c2ccc(F)cc2)CC1. The van der Waals surface area contributed by atoms with Gasteiger partial charge in [-0.05, 0) is 31.2 Å². The van der Waals surface area contributed by atoms with Gasteiger partial charge >= 0.3 is 0 Å². The Morgan fingerprint density at radius 1 is 1.08 bits per heavy atom.